The first kappa shape index (κ1) is 22.0. The van der Waals surface area contributed by atoms with Crippen LogP contribution in [0.4, 0.5) is 5.82 Å². The minimum atomic E-state index is -0.540. The highest BCUT2D eigenvalue weighted by Crippen LogP contribution is 2.17. The van der Waals surface area contributed by atoms with Crippen molar-refractivity contribution in [2.45, 2.75) is 20.5 Å². The van der Waals surface area contributed by atoms with Crippen LogP contribution >= 0.6 is 11.6 Å². The van der Waals surface area contributed by atoms with E-state index in [1.807, 2.05) is 48.5 Å². The monoisotopic (exact) mass is 466 g/mol. The number of benzene rings is 2. The molecule has 33 heavy (non-hydrogen) atoms. The number of amides is 1. The fourth-order valence-electron chi connectivity index (χ4n) is 2.90. The Balaban J connectivity index is 1.41. The van der Waals surface area contributed by atoms with E-state index < -0.39 is 5.91 Å². The van der Waals surface area contributed by atoms with Gasteiger partial charge in [-0.15, -0.1) is 5.10 Å². The molecular formula is C21H19ClN8O3. The first-order valence-electron chi connectivity index (χ1n) is 9.75. The highest BCUT2D eigenvalue weighted by Gasteiger charge is 2.22. The molecule has 4 aromatic rings. The van der Waals surface area contributed by atoms with Gasteiger partial charge in [-0.05, 0) is 71.7 Å². The lowest BCUT2D eigenvalue weighted by atomic mass is 10.1. The molecule has 11 nitrogen and oxygen atoms in total. The molecule has 168 valence electrons. The van der Waals surface area contributed by atoms with Crippen molar-refractivity contribution < 1.29 is 14.2 Å². The normalized spacial score (nSPS) is 11.4. The molecule has 2 aromatic carbocycles. The number of halogens is 1. The van der Waals surface area contributed by atoms with E-state index in [4.69, 9.17) is 22.1 Å². The largest absolute Gasteiger partial charge is 0.489 e. The van der Waals surface area contributed by atoms with E-state index >= 15 is 0 Å². The van der Waals surface area contributed by atoms with Crippen LogP contribution in [0.25, 0.3) is 5.82 Å². The predicted octanol–water partition coefficient (Wildman–Crippen LogP) is 2.93. The van der Waals surface area contributed by atoms with E-state index in [1.54, 1.807) is 13.8 Å². The van der Waals surface area contributed by atoms with Crippen molar-refractivity contribution in [2.24, 2.45) is 5.10 Å². The van der Waals surface area contributed by atoms with E-state index in [1.165, 1.54) is 0 Å². The van der Waals surface area contributed by atoms with Gasteiger partial charge in [-0.3, -0.25) is 4.79 Å². The fourth-order valence-corrected chi connectivity index (χ4v) is 3.02. The topological polar surface area (TPSA) is 146 Å². The van der Waals surface area contributed by atoms with Crippen molar-refractivity contribution in [3.05, 3.63) is 76.1 Å². The van der Waals surface area contributed by atoms with Crippen molar-refractivity contribution in [1.29, 1.82) is 0 Å². The Hall–Kier alpha value is -4.25. The van der Waals surface area contributed by atoms with E-state index in [0.717, 1.165) is 15.8 Å². The van der Waals surface area contributed by atoms with Crippen LogP contribution in [0.3, 0.4) is 0 Å². The molecule has 0 spiro atoms. The van der Waals surface area contributed by atoms with Crippen molar-refractivity contribution in [1.82, 2.24) is 30.7 Å². The zero-order valence-electron chi connectivity index (χ0n) is 17.7. The molecule has 0 aliphatic heterocycles. The molecule has 0 aliphatic rings. The number of hydrogen-bond donors (Lipinski definition) is 2. The van der Waals surface area contributed by atoms with Crippen LogP contribution in [-0.4, -0.2) is 36.9 Å². The maximum atomic E-state index is 12.7. The molecule has 12 heteroatoms. The third-order valence-electron chi connectivity index (χ3n) is 4.67. The second kappa shape index (κ2) is 9.49. The fraction of sp³-hybridized carbons (Fsp3) is 0.143. The first-order valence-corrected chi connectivity index (χ1v) is 10.1. The number of carbonyl (C=O) groups excluding carboxylic acids is 1. The van der Waals surface area contributed by atoms with Gasteiger partial charge < -0.3 is 10.5 Å². The SMILES string of the molecule is CC(=NNC(=O)c1c(C)nnn1-c1nonc1N)c1ccc(OCc2ccc(Cl)cc2)cc1. The lowest BCUT2D eigenvalue weighted by molar-refractivity contribution is 0.0946. The van der Waals surface area contributed by atoms with Crippen LogP contribution in [0.15, 0.2) is 58.3 Å². The van der Waals surface area contributed by atoms with Gasteiger partial charge in [0.2, 0.25) is 11.6 Å². The zero-order valence-corrected chi connectivity index (χ0v) is 18.4. The Morgan fingerprint density at radius 2 is 1.91 bits per heavy atom. The Morgan fingerprint density at radius 3 is 2.58 bits per heavy atom. The van der Waals surface area contributed by atoms with Gasteiger partial charge in [0.25, 0.3) is 5.91 Å². The van der Waals surface area contributed by atoms with Gasteiger partial charge in [-0.25, -0.2) is 10.1 Å². The molecule has 0 unspecified atom stereocenters. The molecular weight excluding hydrogens is 448 g/mol. The average molecular weight is 467 g/mol. The smallest absolute Gasteiger partial charge is 0.292 e. The Bertz CT molecular complexity index is 1300. The molecule has 0 fully saturated rings. The minimum absolute atomic E-state index is 0.0213. The maximum Gasteiger partial charge on any atom is 0.292 e. The summed E-state index contributed by atoms with van der Waals surface area (Å²) >= 11 is 5.90. The number of ether oxygens (including phenoxy) is 1. The summed E-state index contributed by atoms with van der Waals surface area (Å²) in [5.41, 5.74) is 11.1. The van der Waals surface area contributed by atoms with Crippen LogP contribution in [0.1, 0.15) is 34.2 Å². The highest BCUT2D eigenvalue weighted by molar-refractivity contribution is 6.30. The molecule has 0 aliphatic carbocycles. The predicted molar refractivity (Wildman–Crippen MR) is 120 cm³/mol. The number of nitrogens with two attached hydrogens (primary N) is 1. The van der Waals surface area contributed by atoms with Crippen molar-refractivity contribution >= 4 is 29.0 Å². The summed E-state index contributed by atoms with van der Waals surface area (Å²) in [4.78, 5) is 12.7. The maximum absolute atomic E-state index is 12.7. The van der Waals surface area contributed by atoms with Crippen LogP contribution in [0.2, 0.25) is 5.02 Å². The number of rotatable bonds is 7. The number of anilines is 1. The van der Waals surface area contributed by atoms with Crippen LogP contribution in [0, 0.1) is 6.92 Å². The minimum Gasteiger partial charge on any atom is -0.489 e. The molecule has 0 saturated heterocycles. The second-order valence-electron chi connectivity index (χ2n) is 6.99. The van der Waals surface area contributed by atoms with E-state index in [2.05, 4.69) is 35.8 Å². The molecule has 0 bridgehead atoms. The summed E-state index contributed by atoms with van der Waals surface area (Å²) in [6.45, 7) is 3.82. The lowest BCUT2D eigenvalue weighted by Gasteiger charge is -2.08. The lowest BCUT2D eigenvalue weighted by Crippen LogP contribution is -2.24. The summed E-state index contributed by atoms with van der Waals surface area (Å²) in [6.07, 6.45) is 0. The summed E-state index contributed by atoms with van der Waals surface area (Å²) in [5, 5.41) is 19.8. The summed E-state index contributed by atoms with van der Waals surface area (Å²) in [6, 6.07) is 14.8. The van der Waals surface area contributed by atoms with Gasteiger partial charge in [0.15, 0.2) is 5.69 Å². The van der Waals surface area contributed by atoms with Crippen molar-refractivity contribution in [2.75, 3.05) is 5.73 Å². The quantitative estimate of drug-likeness (QED) is 0.312. The molecule has 0 radical (unpaired) electrons. The van der Waals surface area contributed by atoms with Gasteiger partial charge >= 0.3 is 0 Å². The van der Waals surface area contributed by atoms with E-state index in [-0.39, 0.29) is 17.3 Å². The second-order valence-corrected chi connectivity index (χ2v) is 7.42. The van der Waals surface area contributed by atoms with Crippen LogP contribution in [-0.2, 0) is 6.61 Å². The van der Waals surface area contributed by atoms with Crippen molar-refractivity contribution in [3.8, 4) is 11.6 Å². The molecule has 2 heterocycles. The first-order chi connectivity index (χ1) is 15.9. The zero-order chi connectivity index (χ0) is 23.4. The third-order valence-corrected chi connectivity index (χ3v) is 4.92. The van der Waals surface area contributed by atoms with Crippen molar-refractivity contribution in [3.63, 3.8) is 0 Å². The van der Waals surface area contributed by atoms with Crippen LogP contribution in [0.5, 0.6) is 5.75 Å². The molecule has 0 saturated carbocycles. The van der Waals surface area contributed by atoms with E-state index in [9.17, 15) is 4.79 Å². The molecule has 1 amide bonds. The van der Waals surface area contributed by atoms with Crippen LogP contribution < -0.4 is 15.9 Å². The number of carbonyl (C=O) groups is 1. The summed E-state index contributed by atoms with van der Waals surface area (Å²) < 4.78 is 11.5. The highest BCUT2D eigenvalue weighted by atomic mass is 35.5. The van der Waals surface area contributed by atoms with Gasteiger partial charge in [0.05, 0.1) is 11.4 Å². The summed E-state index contributed by atoms with van der Waals surface area (Å²) in [5.74, 6) is 0.208. The number of nitrogen functional groups attached to an aromatic ring is 1. The standard InChI is InChI=1S/C21H19ClN8O3/c1-12(15-5-9-17(10-6-15)32-11-14-3-7-16(22)8-4-14)24-26-21(31)18-13(2)25-29-30(18)20-19(23)27-33-28-20/h3-10H,11H2,1-2H3,(H2,23,27)(H,26,31). The van der Waals surface area contributed by atoms with Gasteiger partial charge in [0.1, 0.15) is 12.4 Å². The number of nitrogens with one attached hydrogen (secondary N) is 1. The number of hydrazone groups is 1. The van der Waals surface area contributed by atoms with Gasteiger partial charge in [-0.2, -0.15) is 9.78 Å². The molecule has 4 rings (SSSR count). The molecule has 0 atom stereocenters. The van der Waals surface area contributed by atoms with Gasteiger partial charge in [0, 0.05) is 5.02 Å². The molecule has 2 aromatic heterocycles. The Kier molecular flexibility index (Phi) is 6.31. The summed E-state index contributed by atoms with van der Waals surface area (Å²) in [7, 11) is 0. The number of nitrogens with zero attached hydrogens (tertiary/aromatic N) is 6. The Labute approximate surface area is 193 Å². The average Bonchev–Trinajstić information content (AvgIpc) is 3.42. The molecule has 3 N–H and O–H groups in total. The Morgan fingerprint density at radius 1 is 1.18 bits per heavy atom. The third kappa shape index (κ3) is 4.99. The number of aromatic nitrogens is 5. The van der Waals surface area contributed by atoms with Gasteiger partial charge in [-0.1, -0.05) is 28.9 Å². The number of hydrogen-bond acceptors (Lipinski definition) is 9. The number of aryl methyl sites for hydroxylation is 1. The van der Waals surface area contributed by atoms with E-state index in [0.29, 0.717) is 28.8 Å².